The Morgan fingerprint density at radius 2 is 1.70 bits per heavy atom. The maximum absolute atomic E-state index is 6.99. The Kier molecular flexibility index (Phi) is 5.29. The third kappa shape index (κ3) is 3.56. The molecule has 5 aromatic rings. The number of ether oxygens (including phenoxy) is 1. The van der Waals surface area contributed by atoms with Crippen LogP contribution < -0.4 is 9.30 Å². The number of aryl methyl sites for hydroxylation is 2. The highest BCUT2D eigenvalue weighted by Crippen LogP contribution is 2.52. The standard InChI is InChI=1S/C35H36NO/c1-21(2)17-30-28-12-8-7-11-26(28)22(3)32-34-33-29(15-16-36(34)4)27-14-13-24(18-23-9-5-6-10-23)19-25(27)20-31(33)37-35(30)32/h7-8,11-16,19-21,23H,5-6,9-10,17-18H2,1-4H3/q+1. The molecular weight excluding hydrogens is 450 g/mol. The fourth-order valence-electron chi connectivity index (χ4n) is 7.14. The van der Waals surface area contributed by atoms with E-state index in [9.17, 15) is 0 Å². The zero-order valence-corrected chi connectivity index (χ0v) is 22.5. The summed E-state index contributed by atoms with van der Waals surface area (Å²) in [5.74, 6) is 3.44. The Morgan fingerprint density at radius 3 is 2.49 bits per heavy atom. The molecule has 186 valence electrons. The third-order valence-electron chi connectivity index (χ3n) is 8.86. The average molecular weight is 487 g/mol. The summed E-state index contributed by atoms with van der Waals surface area (Å²) in [6.45, 7) is 6.87. The quantitative estimate of drug-likeness (QED) is 0.179. The van der Waals surface area contributed by atoms with E-state index in [1.807, 2.05) is 0 Å². The zero-order chi connectivity index (χ0) is 25.3. The molecule has 7 rings (SSSR count). The Balaban J connectivity index is 1.51. The number of hydrogen-bond acceptors (Lipinski definition) is 1. The predicted molar refractivity (Wildman–Crippen MR) is 155 cm³/mol. The Morgan fingerprint density at radius 1 is 0.919 bits per heavy atom. The van der Waals surface area contributed by atoms with E-state index in [1.54, 1.807) is 0 Å². The molecule has 0 amide bonds. The van der Waals surface area contributed by atoms with Crippen LogP contribution in [0.25, 0.3) is 43.6 Å². The van der Waals surface area contributed by atoms with Crippen molar-refractivity contribution in [1.82, 2.24) is 0 Å². The van der Waals surface area contributed by atoms with E-state index in [0.29, 0.717) is 5.92 Å². The number of nitrogens with zero attached hydrogens (tertiary/aromatic N) is 1. The summed E-state index contributed by atoms with van der Waals surface area (Å²) in [6, 6.07) is 20.6. The summed E-state index contributed by atoms with van der Waals surface area (Å²) >= 11 is 0. The summed E-state index contributed by atoms with van der Waals surface area (Å²) in [5.41, 5.74) is 6.64. The molecule has 1 aliphatic carbocycles. The average Bonchev–Trinajstić information content (AvgIpc) is 3.40. The molecule has 2 nitrogen and oxygen atoms in total. The minimum absolute atomic E-state index is 0.541. The molecule has 0 bridgehead atoms. The molecule has 0 atom stereocenters. The lowest BCUT2D eigenvalue weighted by Crippen LogP contribution is -2.32. The van der Waals surface area contributed by atoms with Crippen LogP contribution in [-0.2, 0) is 19.9 Å². The van der Waals surface area contributed by atoms with Crippen LogP contribution in [0.15, 0.2) is 60.8 Å². The first-order chi connectivity index (χ1) is 18.0. The fraction of sp³-hybridized carbons (Fsp3) is 0.343. The second-order valence-electron chi connectivity index (χ2n) is 11.9. The summed E-state index contributed by atoms with van der Waals surface area (Å²) < 4.78 is 9.29. The summed E-state index contributed by atoms with van der Waals surface area (Å²) in [6.07, 6.45) is 9.99. The highest BCUT2D eigenvalue weighted by Gasteiger charge is 2.33. The van der Waals surface area contributed by atoms with Crippen LogP contribution in [0.3, 0.4) is 0 Å². The Bertz CT molecular complexity index is 1700. The topological polar surface area (TPSA) is 13.1 Å². The van der Waals surface area contributed by atoms with Crippen molar-refractivity contribution in [3.63, 3.8) is 0 Å². The lowest BCUT2D eigenvalue weighted by Gasteiger charge is -2.26. The van der Waals surface area contributed by atoms with Gasteiger partial charge in [-0.05, 0) is 70.3 Å². The van der Waals surface area contributed by atoms with Gasteiger partial charge in [0, 0.05) is 17.0 Å². The van der Waals surface area contributed by atoms with E-state index in [1.165, 1.54) is 92.4 Å². The van der Waals surface area contributed by atoms with Gasteiger partial charge in [-0.1, -0.05) is 82.0 Å². The monoisotopic (exact) mass is 486 g/mol. The zero-order valence-electron chi connectivity index (χ0n) is 22.5. The van der Waals surface area contributed by atoms with Crippen LogP contribution in [0.1, 0.15) is 56.2 Å². The molecule has 2 aliphatic rings. The molecule has 0 N–H and O–H groups in total. The third-order valence-corrected chi connectivity index (χ3v) is 8.86. The van der Waals surface area contributed by atoms with Gasteiger partial charge in [-0.2, -0.15) is 0 Å². The van der Waals surface area contributed by atoms with Gasteiger partial charge in [-0.15, -0.1) is 0 Å². The number of benzene rings is 4. The number of fused-ring (bicyclic) bond motifs is 5. The molecule has 1 aromatic heterocycles. The van der Waals surface area contributed by atoms with E-state index >= 15 is 0 Å². The van der Waals surface area contributed by atoms with Crippen molar-refractivity contribution in [3.05, 3.63) is 77.5 Å². The van der Waals surface area contributed by atoms with Crippen molar-refractivity contribution < 1.29 is 9.30 Å². The van der Waals surface area contributed by atoms with Crippen LogP contribution in [0.2, 0.25) is 0 Å². The normalized spacial score (nSPS) is 15.2. The van der Waals surface area contributed by atoms with Gasteiger partial charge >= 0.3 is 0 Å². The van der Waals surface area contributed by atoms with Crippen LogP contribution in [0.5, 0.6) is 11.5 Å². The van der Waals surface area contributed by atoms with Gasteiger partial charge in [0.15, 0.2) is 6.20 Å². The van der Waals surface area contributed by atoms with Gasteiger partial charge in [-0.3, -0.25) is 0 Å². The van der Waals surface area contributed by atoms with Gasteiger partial charge < -0.3 is 4.74 Å². The van der Waals surface area contributed by atoms with Gasteiger partial charge in [0.05, 0.1) is 10.9 Å². The summed E-state index contributed by atoms with van der Waals surface area (Å²) in [5, 5.41) is 7.80. The summed E-state index contributed by atoms with van der Waals surface area (Å²) in [7, 11) is 2.18. The van der Waals surface area contributed by atoms with E-state index in [2.05, 4.69) is 93.2 Å². The van der Waals surface area contributed by atoms with Gasteiger partial charge in [0.2, 0.25) is 5.69 Å². The van der Waals surface area contributed by atoms with E-state index in [0.717, 1.165) is 23.8 Å². The summed E-state index contributed by atoms with van der Waals surface area (Å²) in [4.78, 5) is 0. The van der Waals surface area contributed by atoms with Crippen molar-refractivity contribution in [1.29, 1.82) is 0 Å². The Hall–Kier alpha value is -3.39. The van der Waals surface area contributed by atoms with Crippen molar-refractivity contribution in [2.24, 2.45) is 18.9 Å². The maximum atomic E-state index is 6.99. The lowest BCUT2D eigenvalue weighted by atomic mass is 9.85. The van der Waals surface area contributed by atoms with Crippen molar-refractivity contribution >= 4 is 32.3 Å². The highest BCUT2D eigenvalue weighted by atomic mass is 16.5. The molecule has 0 saturated heterocycles. The number of hydrogen-bond donors (Lipinski definition) is 0. The smallest absolute Gasteiger partial charge is 0.228 e. The van der Waals surface area contributed by atoms with Crippen LogP contribution >= 0.6 is 0 Å². The first kappa shape index (κ1) is 22.8. The van der Waals surface area contributed by atoms with E-state index in [-0.39, 0.29) is 0 Å². The van der Waals surface area contributed by atoms with E-state index in [4.69, 9.17) is 4.74 Å². The second kappa shape index (κ2) is 8.58. The molecule has 0 unspecified atom stereocenters. The number of aromatic nitrogens is 1. The van der Waals surface area contributed by atoms with Gasteiger partial charge in [0.1, 0.15) is 18.5 Å². The molecule has 1 fully saturated rings. The first-order valence-electron chi connectivity index (χ1n) is 14.1. The highest BCUT2D eigenvalue weighted by molar-refractivity contribution is 6.16. The predicted octanol–water partition coefficient (Wildman–Crippen LogP) is 8.98. The fourth-order valence-corrected chi connectivity index (χ4v) is 7.14. The molecule has 37 heavy (non-hydrogen) atoms. The lowest BCUT2D eigenvalue weighted by molar-refractivity contribution is -0.659. The second-order valence-corrected chi connectivity index (χ2v) is 11.9. The number of pyridine rings is 1. The van der Waals surface area contributed by atoms with Crippen LogP contribution in [-0.4, -0.2) is 0 Å². The molecule has 0 radical (unpaired) electrons. The molecule has 1 saturated carbocycles. The molecular formula is C35H36NO+. The van der Waals surface area contributed by atoms with Gasteiger partial charge in [0.25, 0.3) is 0 Å². The van der Waals surface area contributed by atoms with E-state index < -0.39 is 0 Å². The molecule has 1 aliphatic heterocycles. The molecule has 4 aromatic carbocycles. The minimum atomic E-state index is 0.541. The largest absolute Gasteiger partial charge is 0.455 e. The first-order valence-corrected chi connectivity index (χ1v) is 14.1. The maximum Gasteiger partial charge on any atom is 0.228 e. The molecule has 2 heteroatoms. The Labute approximate surface area is 219 Å². The SMILES string of the molecule is Cc1c2c(c(CC(C)C)c3ccccc13)Oc1cc3cc(CC4CCCC4)ccc3c3cc[n+](C)c-2c13. The van der Waals surface area contributed by atoms with Crippen LogP contribution in [0, 0.1) is 18.8 Å². The number of rotatable bonds is 4. The van der Waals surface area contributed by atoms with Crippen molar-refractivity contribution in [2.75, 3.05) is 0 Å². The van der Waals surface area contributed by atoms with Crippen molar-refractivity contribution in [2.45, 2.75) is 59.3 Å². The molecule has 0 spiro atoms. The molecule has 2 heterocycles. The van der Waals surface area contributed by atoms with Crippen molar-refractivity contribution in [3.8, 4) is 22.8 Å². The van der Waals surface area contributed by atoms with Gasteiger partial charge in [-0.25, -0.2) is 4.57 Å². The minimum Gasteiger partial charge on any atom is -0.455 e. The van der Waals surface area contributed by atoms with Crippen LogP contribution in [0.4, 0.5) is 0 Å².